The number of nitrogens with one attached hydrogen (secondary N) is 1. The van der Waals surface area contributed by atoms with Gasteiger partial charge in [0.25, 0.3) is 5.69 Å². The van der Waals surface area contributed by atoms with Gasteiger partial charge in [0.05, 0.1) is 4.92 Å². The molecule has 0 aliphatic rings. The van der Waals surface area contributed by atoms with Crippen molar-refractivity contribution in [2.45, 2.75) is 39.8 Å². The molecule has 1 aromatic rings. The molecule has 100 valence electrons. The van der Waals surface area contributed by atoms with Crippen LogP contribution in [0.5, 0.6) is 0 Å². The predicted octanol–water partition coefficient (Wildman–Crippen LogP) is 3.77. The SMILES string of the molecule is CCC(C)C(C)NCc1ccc(Cl)cc1[N+](=O)[O-]. The third-order valence-electron chi connectivity index (χ3n) is 3.36. The molecule has 0 saturated carbocycles. The van der Waals surface area contributed by atoms with Gasteiger partial charge in [0, 0.05) is 29.2 Å². The normalized spacial score (nSPS) is 14.2. The van der Waals surface area contributed by atoms with Crippen LogP contribution in [0.3, 0.4) is 0 Å². The maximum Gasteiger partial charge on any atom is 0.275 e. The summed E-state index contributed by atoms with van der Waals surface area (Å²) < 4.78 is 0. The van der Waals surface area contributed by atoms with E-state index in [0.717, 1.165) is 6.42 Å². The van der Waals surface area contributed by atoms with Crippen molar-refractivity contribution in [1.82, 2.24) is 5.32 Å². The zero-order chi connectivity index (χ0) is 13.7. The molecule has 1 N–H and O–H groups in total. The molecular weight excluding hydrogens is 252 g/mol. The zero-order valence-corrected chi connectivity index (χ0v) is 11.7. The first kappa shape index (κ1) is 14.9. The summed E-state index contributed by atoms with van der Waals surface area (Å²) >= 11 is 5.77. The van der Waals surface area contributed by atoms with Crippen LogP contribution in [0.25, 0.3) is 0 Å². The van der Waals surface area contributed by atoms with Gasteiger partial charge in [0.15, 0.2) is 0 Å². The molecule has 1 rings (SSSR count). The summed E-state index contributed by atoms with van der Waals surface area (Å²) in [6.07, 6.45) is 1.08. The average Bonchev–Trinajstić information content (AvgIpc) is 2.35. The Labute approximate surface area is 112 Å². The Morgan fingerprint density at radius 2 is 2.11 bits per heavy atom. The number of hydrogen-bond acceptors (Lipinski definition) is 3. The van der Waals surface area contributed by atoms with Gasteiger partial charge in [-0.25, -0.2) is 0 Å². The highest BCUT2D eigenvalue weighted by atomic mass is 35.5. The van der Waals surface area contributed by atoms with Crippen molar-refractivity contribution >= 4 is 17.3 Å². The highest BCUT2D eigenvalue weighted by Gasteiger charge is 2.16. The smallest absolute Gasteiger partial charge is 0.275 e. The van der Waals surface area contributed by atoms with Gasteiger partial charge in [-0.15, -0.1) is 0 Å². The van der Waals surface area contributed by atoms with Crippen molar-refractivity contribution in [3.8, 4) is 0 Å². The van der Waals surface area contributed by atoms with Gasteiger partial charge in [0.2, 0.25) is 0 Å². The van der Waals surface area contributed by atoms with E-state index in [9.17, 15) is 10.1 Å². The van der Waals surface area contributed by atoms with Crippen LogP contribution < -0.4 is 5.32 Å². The fourth-order valence-electron chi connectivity index (χ4n) is 1.68. The van der Waals surface area contributed by atoms with E-state index in [-0.39, 0.29) is 5.69 Å². The van der Waals surface area contributed by atoms with Crippen LogP contribution in [0.15, 0.2) is 18.2 Å². The van der Waals surface area contributed by atoms with Crippen molar-refractivity contribution in [3.63, 3.8) is 0 Å². The van der Waals surface area contributed by atoms with Crippen molar-refractivity contribution < 1.29 is 4.92 Å². The Kier molecular flexibility index (Phi) is 5.56. The maximum absolute atomic E-state index is 10.9. The fourth-order valence-corrected chi connectivity index (χ4v) is 1.85. The first-order valence-corrected chi connectivity index (χ1v) is 6.49. The summed E-state index contributed by atoms with van der Waals surface area (Å²) in [6, 6.07) is 5.10. The van der Waals surface area contributed by atoms with Crippen molar-refractivity contribution in [1.29, 1.82) is 0 Å². The molecule has 0 aliphatic heterocycles. The summed E-state index contributed by atoms with van der Waals surface area (Å²) in [5.74, 6) is 0.538. The molecule has 0 fully saturated rings. The van der Waals surface area contributed by atoms with Crippen molar-refractivity contribution in [2.75, 3.05) is 0 Å². The third kappa shape index (κ3) is 3.96. The number of rotatable bonds is 6. The van der Waals surface area contributed by atoms with Gasteiger partial charge >= 0.3 is 0 Å². The van der Waals surface area contributed by atoms with E-state index in [4.69, 9.17) is 11.6 Å². The van der Waals surface area contributed by atoms with E-state index in [1.54, 1.807) is 12.1 Å². The molecule has 0 aliphatic carbocycles. The van der Waals surface area contributed by atoms with E-state index in [2.05, 4.69) is 26.1 Å². The Balaban J connectivity index is 2.76. The number of hydrogen-bond donors (Lipinski definition) is 1. The first-order valence-electron chi connectivity index (χ1n) is 6.11. The molecule has 0 amide bonds. The van der Waals surface area contributed by atoms with Crippen LogP contribution in [0.4, 0.5) is 5.69 Å². The second-order valence-corrected chi connectivity index (χ2v) is 5.02. The molecule has 4 nitrogen and oxygen atoms in total. The molecular formula is C13H19ClN2O2. The molecule has 0 spiro atoms. The second kappa shape index (κ2) is 6.71. The van der Waals surface area contributed by atoms with Crippen molar-refractivity contribution in [3.05, 3.63) is 38.9 Å². The standard InChI is InChI=1S/C13H19ClN2O2/c1-4-9(2)10(3)15-8-11-5-6-12(14)7-13(11)16(17)18/h5-7,9-10,15H,4,8H2,1-3H3. The molecule has 5 heteroatoms. The van der Waals surface area contributed by atoms with Gasteiger partial charge < -0.3 is 5.32 Å². The Morgan fingerprint density at radius 1 is 1.44 bits per heavy atom. The summed E-state index contributed by atoms with van der Waals surface area (Å²) in [7, 11) is 0. The van der Waals surface area contributed by atoms with E-state index in [1.165, 1.54) is 6.07 Å². The second-order valence-electron chi connectivity index (χ2n) is 4.59. The quantitative estimate of drug-likeness (QED) is 0.632. The molecule has 2 unspecified atom stereocenters. The third-order valence-corrected chi connectivity index (χ3v) is 3.59. The number of nitro benzene ring substituents is 1. The van der Waals surface area contributed by atoms with Crippen molar-refractivity contribution in [2.24, 2.45) is 5.92 Å². The molecule has 0 bridgehead atoms. The van der Waals surface area contributed by atoms with Gasteiger partial charge in [0.1, 0.15) is 0 Å². The summed E-state index contributed by atoms with van der Waals surface area (Å²) in [5, 5.41) is 14.6. The number of nitrogens with zero attached hydrogens (tertiary/aromatic N) is 1. The lowest BCUT2D eigenvalue weighted by Crippen LogP contribution is -2.31. The van der Waals surface area contributed by atoms with E-state index >= 15 is 0 Å². The minimum absolute atomic E-state index is 0.0753. The molecule has 0 radical (unpaired) electrons. The van der Waals surface area contributed by atoms with E-state index < -0.39 is 4.92 Å². The molecule has 0 heterocycles. The van der Waals surface area contributed by atoms with Crippen LogP contribution in [0.2, 0.25) is 5.02 Å². The lowest BCUT2D eigenvalue weighted by molar-refractivity contribution is -0.385. The average molecular weight is 271 g/mol. The Bertz CT molecular complexity index is 423. The summed E-state index contributed by atoms with van der Waals surface area (Å²) in [4.78, 5) is 10.5. The lowest BCUT2D eigenvalue weighted by atomic mass is 10.0. The molecule has 1 aromatic carbocycles. The van der Waals surface area contributed by atoms with Crippen LogP contribution in [0, 0.1) is 16.0 Å². The highest BCUT2D eigenvalue weighted by molar-refractivity contribution is 6.30. The number of benzene rings is 1. The molecule has 0 saturated heterocycles. The summed E-state index contributed by atoms with van der Waals surface area (Å²) in [5.41, 5.74) is 0.742. The van der Waals surface area contributed by atoms with Crippen LogP contribution >= 0.6 is 11.6 Å². The van der Waals surface area contributed by atoms with Crippen LogP contribution in [-0.2, 0) is 6.54 Å². The van der Waals surface area contributed by atoms with Crippen LogP contribution in [0.1, 0.15) is 32.8 Å². The minimum Gasteiger partial charge on any atom is -0.310 e. The Hall–Kier alpha value is -1.13. The number of nitro groups is 1. The van der Waals surface area contributed by atoms with Crippen LogP contribution in [-0.4, -0.2) is 11.0 Å². The fraction of sp³-hybridized carbons (Fsp3) is 0.538. The van der Waals surface area contributed by atoms with E-state index in [0.29, 0.717) is 29.1 Å². The van der Waals surface area contributed by atoms with Gasteiger partial charge in [-0.2, -0.15) is 0 Å². The molecule has 0 aromatic heterocycles. The molecule has 2 atom stereocenters. The number of halogens is 1. The largest absolute Gasteiger partial charge is 0.310 e. The first-order chi connectivity index (χ1) is 8.45. The topological polar surface area (TPSA) is 55.2 Å². The Morgan fingerprint density at radius 3 is 2.67 bits per heavy atom. The van der Waals surface area contributed by atoms with Gasteiger partial charge in [-0.1, -0.05) is 31.9 Å². The van der Waals surface area contributed by atoms with Gasteiger partial charge in [-0.05, 0) is 25.0 Å². The highest BCUT2D eigenvalue weighted by Crippen LogP contribution is 2.23. The molecule has 18 heavy (non-hydrogen) atoms. The minimum atomic E-state index is -0.392. The maximum atomic E-state index is 10.9. The van der Waals surface area contributed by atoms with E-state index in [1.807, 2.05) is 0 Å². The summed E-state index contributed by atoms with van der Waals surface area (Å²) in [6.45, 7) is 6.87. The predicted molar refractivity (Wildman–Crippen MR) is 73.9 cm³/mol. The zero-order valence-electron chi connectivity index (χ0n) is 10.9. The monoisotopic (exact) mass is 270 g/mol. The van der Waals surface area contributed by atoms with Gasteiger partial charge in [-0.3, -0.25) is 10.1 Å². The lowest BCUT2D eigenvalue weighted by Gasteiger charge is -2.19.